The minimum absolute atomic E-state index is 0.154. The van der Waals surface area contributed by atoms with Crippen molar-refractivity contribution >= 4 is 11.7 Å². The second-order valence-corrected chi connectivity index (χ2v) is 8.31. The maximum Gasteiger partial charge on any atom is 0.321 e. The number of para-hydroxylation sites is 1. The number of amides is 2. The van der Waals surface area contributed by atoms with Crippen molar-refractivity contribution in [1.29, 1.82) is 0 Å². The van der Waals surface area contributed by atoms with E-state index in [4.69, 9.17) is 0 Å². The highest BCUT2D eigenvalue weighted by atomic mass is 19.1. The molecule has 1 aromatic carbocycles. The first kappa shape index (κ1) is 17.8. The lowest BCUT2D eigenvalue weighted by Gasteiger charge is -2.55. The first-order valence-corrected chi connectivity index (χ1v) is 10.2. The molecule has 0 saturated carbocycles. The van der Waals surface area contributed by atoms with Crippen molar-refractivity contribution in [3.8, 4) is 0 Å². The van der Waals surface area contributed by atoms with Gasteiger partial charge in [0.15, 0.2) is 0 Å². The van der Waals surface area contributed by atoms with Crippen molar-refractivity contribution in [2.24, 2.45) is 11.8 Å². The number of anilines is 1. The van der Waals surface area contributed by atoms with Crippen LogP contribution in [0.5, 0.6) is 0 Å². The van der Waals surface area contributed by atoms with Crippen molar-refractivity contribution < 1.29 is 9.18 Å². The number of carbonyl (C=O) groups is 1. The van der Waals surface area contributed by atoms with Crippen LogP contribution in [-0.4, -0.2) is 47.5 Å². The summed E-state index contributed by atoms with van der Waals surface area (Å²) in [6, 6.07) is 7.60. The van der Waals surface area contributed by atoms with Crippen molar-refractivity contribution in [3.05, 3.63) is 30.1 Å². The molecule has 2 bridgehead atoms. The van der Waals surface area contributed by atoms with Crippen LogP contribution < -0.4 is 5.32 Å². The van der Waals surface area contributed by atoms with Crippen molar-refractivity contribution in [3.63, 3.8) is 0 Å². The molecule has 0 aliphatic carbocycles. The van der Waals surface area contributed by atoms with E-state index in [0.717, 1.165) is 25.7 Å². The summed E-state index contributed by atoms with van der Waals surface area (Å²) in [5.41, 5.74) is 0.274. The van der Waals surface area contributed by atoms with E-state index in [0.29, 0.717) is 17.9 Å². The lowest BCUT2D eigenvalue weighted by atomic mass is 9.74. The first-order chi connectivity index (χ1) is 12.7. The van der Waals surface area contributed by atoms with Crippen LogP contribution in [0.15, 0.2) is 24.3 Å². The van der Waals surface area contributed by atoms with E-state index in [9.17, 15) is 9.18 Å². The summed E-state index contributed by atoms with van der Waals surface area (Å²) < 4.78 is 13.8. The fourth-order valence-electron chi connectivity index (χ4n) is 5.48. The topological polar surface area (TPSA) is 35.6 Å². The van der Waals surface area contributed by atoms with E-state index in [1.54, 1.807) is 18.2 Å². The molecular weight excluding hydrogens is 329 g/mol. The zero-order valence-electron chi connectivity index (χ0n) is 15.7. The van der Waals surface area contributed by atoms with Crippen LogP contribution in [0, 0.1) is 17.7 Å². The van der Waals surface area contributed by atoms with E-state index in [1.807, 2.05) is 4.90 Å². The fraction of sp³-hybridized carbons (Fsp3) is 0.667. The van der Waals surface area contributed by atoms with Gasteiger partial charge in [0, 0.05) is 31.7 Å². The van der Waals surface area contributed by atoms with Gasteiger partial charge < -0.3 is 10.2 Å². The highest BCUT2D eigenvalue weighted by molar-refractivity contribution is 5.89. The monoisotopic (exact) mass is 359 g/mol. The molecule has 0 spiro atoms. The van der Waals surface area contributed by atoms with Gasteiger partial charge in [-0.1, -0.05) is 31.9 Å². The van der Waals surface area contributed by atoms with E-state index in [-0.39, 0.29) is 17.5 Å². The first-order valence-electron chi connectivity index (χ1n) is 10.2. The summed E-state index contributed by atoms with van der Waals surface area (Å²) in [6.45, 7) is 4.99. The zero-order chi connectivity index (χ0) is 18.1. The van der Waals surface area contributed by atoms with E-state index in [2.05, 4.69) is 17.1 Å². The number of likely N-dealkylation sites (tertiary alicyclic amines) is 1. The molecule has 26 heavy (non-hydrogen) atoms. The highest BCUT2D eigenvalue weighted by Crippen LogP contribution is 2.40. The van der Waals surface area contributed by atoms with Crippen molar-refractivity contribution in [1.82, 2.24) is 9.80 Å². The Labute approximate surface area is 155 Å². The van der Waals surface area contributed by atoms with Crippen LogP contribution in [0.1, 0.15) is 45.4 Å². The molecule has 1 N–H and O–H groups in total. The number of piperidine rings is 3. The van der Waals surface area contributed by atoms with Gasteiger partial charge in [-0.2, -0.15) is 0 Å². The van der Waals surface area contributed by atoms with Gasteiger partial charge in [0.2, 0.25) is 0 Å². The van der Waals surface area contributed by atoms with E-state index < -0.39 is 0 Å². The molecule has 3 fully saturated rings. The Balaban J connectivity index is 1.44. The molecule has 3 aliphatic rings. The second kappa shape index (κ2) is 7.55. The number of rotatable bonds is 3. The number of hydrogen-bond acceptors (Lipinski definition) is 2. The summed E-state index contributed by atoms with van der Waals surface area (Å²) >= 11 is 0. The third kappa shape index (κ3) is 3.46. The normalized spacial score (nSPS) is 31.4. The minimum atomic E-state index is -0.376. The maximum atomic E-state index is 13.8. The second-order valence-electron chi connectivity index (χ2n) is 8.31. The number of urea groups is 1. The lowest BCUT2D eigenvalue weighted by molar-refractivity contribution is -0.0481. The molecular formula is C21H30FN3O. The molecule has 1 aromatic rings. The predicted octanol–water partition coefficient (Wildman–Crippen LogP) is 4.33. The van der Waals surface area contributed by atoms with Gasteiger partial charge in [0.05, 0.1) is 5.69 Å². The molecule has 3 aliphatic heterocycles. The lowest BCUT2D eigenvalue weighted by Crippen LogP contribution is -2.62. The van der Waals surface area contributed by atoms with Gasteiger partial charge >= 0.3 is 6.03 Å². The Morgan fingerprint density at radius 1 is 1.23 bits per heavy atom. The fourth-order valence-corrected chi connectivity index (χ4v) is 5.48. The maximum absolute atomic E-state index is 13.8. The van der Waals surface area contributed by atoms with Crippen LogP contribution in [0.25, 0.3) is 0 Å². The molecule has 0 radical (unpaired) electrons. The van der Waals surface area contributed by atoms with Crippen molar-refractivity contribution in [2.45, 2.75) is 57.5 Å². The molecule has 4 rings (SSSR count). The Morgan fingerprint density at radius 3 is 2.88 bits per heavy atom. The summed E-state index contributed by atoms with van der Waals surface area (Å²) in [5, 5.41) is 2.77. The summed E-state index contributed by atoms with van der Waals surface area (Å²) in [4.78, 5) is 17.4. The smallest absolute Gasteiger partial charge is 0.321 e. The number of nitrogens with one attached hydrogen (secondary N) is 1. The standard InChI is InChI=1S/C21H30FN3O/c1-2-6-17-7-5-10-20-16-11-15(13-25(17)20)12-24(14-16)21(26)23-19-9-4-3-8-18(19)22/h3-4,8-9,15-17,20H,2,5-7,10-14H2,1H3,(H,23,26)/t15-,16+,17-,20-/m0/s1. The van der Waals surface area contributed by atoms with Gasteiger partial charge in [0.25, 0.3) is 0 Å². The number of benzene rings is 1. The molecule has 5 heteroatoms. The molecule has 142 valence electrons. The molecule has 0 aromatic heterocycles. The molecule has 3 saturated heterocycles. The SMILES string of the molecule is CCC[C@H]1CCC[C@H]2[C@@H]3C[C@@H](CN(C(=O)Nc4ccccc4F)C3)CN12. The van der Waals surface area contributed by atoms with Crippen LogP contribution in [0.3, 0.4) is 0 Å². The number of carbonyl (C=O) groups excluding carboxylic acids is 1. The third-order valence-corrected chi connectivity index (χ3v) is 6.54. The molecule has 4 atom stereocenters. The van der Waals surface area contributed by atoms with Crippen molar-refractivity contribution in [2.75, 3.05) is 25.0 Å². The van der Waals surface area contributed by atoms with Crippen LogP contribution in [-0.2, 0) is 0 Å². The predicted molar refractivity (Wildman–Crippen MR) is 102 cm³/mol. The molecule has 4 nitrogen and oxygen atoms in total. The number of fused-ring (bicyclic) bond motifs is 4. The Hall–Kier alpha value is -1.62. The highest BCUT2D eigenvalue weighted by Gasteiger charge is 2.45. The van der Waals surface area contributed by atoms with Crippen LogP contribution in [0.2, 0.25) is 0 Å². The minimum Gasteiger partial charge on any atom is -0.324 e. The zero-order valence-corrected chi connectivity index (χ0v) is 15.7. The largest absolute Gasteiger partial charge is 0.324 e. The van der Waals surface area contributed by atoms with Gasteiger partial charge in [-0.25, -0.2) is 9.18 Å². The summed E-state index contributed by atoms with van der Waals surface area (Å²) in [6.07, 6.45) is 7.70. The summed E-state index contributed by atoms with van der Waals surface area (Å²) in [5.74, 6) is 0.737. The van der Waals surface area contributed by atoms with E-state index >= 15 is 0 Å². The Bertz CT molecular complexity index is 650. The number of halogens is 1. The van der Waals surface area contributed by atoms with E-state index in [1.165, 1.54) is 44.6 Å². The number of nitrogens with zero attached hydrogens (tertiary/aromatic N) is 2. The van der Waals surface area contributed by atoms with Gasteiger partial charge in [-0.15, -0.1) is 0 Å². The average Bonchev–Trinajstić information content (AvgIpc) is 2.64. The molecule has 3 heterocycles. The van der Waals surface area contributed by atoms with Gasteiger partial charge in [0.1, 0.15) is 5.82 Å². The van der Waals surface area contributed by atoms with Crippen LogP contribution in [0.4, 0.5) is 14.9 Å². The summed E-state index contributed by atoms with van der Waals surface area (Å²) in [7, 11) is 0. The third-order valence-electron chi connectivity index (χ3n) is 6.54. The Kier molecular flexibility index (Phi) is 5.16. The molecule has 0 unspecified atom stereocenters. The average molecular weight is 359 g/mol. The van der Waals surface area contributed by atoms with Crippen LogP contribution >= 0.6 is 0 Å². The molecule has 2 amide bonds. The quantitative estimate of drug-likeness (QED) is 0.872. The van der Waals surface area contributed by atoms with Gasteiger partial charge in [-0.3, -0.25) is 4.90 Å². The van der Waals surface area contributed by atoms with Gasteiger partial charge in [-0.05, 0) is 49.7 Å². The number of hydrogen-bond donors (Lipinski definition) is 1. The Morgan fingerprint density at radius 2 is 2.08 bits per heavy atom.